The molecule has 0 saturated heterocycles. The number of nitrogens with two attached hydrogens (primary N) is 1. The molecule has 0 unspecified atom stereocenters. The first-order valence-electron chi connectivity index (χ1n) is 3.91. The second-order valence-corrected chi connectivity index (χ2v) is 2.74. The third-order valence-electron chi connectivity index (χ3n) is 1.56. The normalized spacial score (nSPS) is 13.0. The number of Topliss-reactive ketones (excluding diaryl/α,β-unsaturated/α-hetero) is 1. The van der Waals surface area contributed by atoms with E-state index in [2.05, 4.69) is 0 Å². The van der Waals surface area contributed by atoms with Crippen molar-refractivity contribution in [1.29, 1.82) is 0 Å². The SMILES string of the molecule is NCCCCC(=O)C(F)(F)C(F)(F)F. The molecule has 0 aromatic carbocycles. The average Bonchev–Trinajstić information content (AvgIpc) is 2.02. The minimum Gasteiger partial charge on any atom is -0.330 e. The summed E-state index contributed by atoms with van der Waals surface area (Å²) in [4.78, 5) is 10.5. The summed E-state index contributed by atoms with van der Waals surface area (Å²) in [6, 6.07) is 0. The van der Waals surface area contributed by atoms with Crippen molar-refractivity contribution < 1.29 is 26.7 Å². The van der Waals surface area contributed by atoms with E-state index in [1.54, 1.807) is 0 Å². The summed E-state index contributed by atoms with van der Waals surface area (Å²) in [7, 11) is 0. The van der Waals surface area contributed by atoms with E-state index in [9.17, 15) is 26.7 Å². The molecule has 0 bridgehead atoms. The van der Waals surface area contributed by atoms with Gasteiger partial charge in [0.05, 0.1) is 0 Å². The van der Waals surface area contributed by atoms with Crippen LogP contribution in [0.25, 0.3) is 0 Å². The number of rotatable bonds is 5. The molecule has 84 valence electrons. The highest BCUT2D eigenvalue weighted by Crippen LogP contribution is 2.37. The maximum absolute atomic E-state index is 12.2. The third kappa shape index (κ3) is 3.21. The van der Waals surface area contributed by atoms with Gasteiger partial charge in [-0.25, -0.2) is 0 Å². The second-order valence-electron chi connectivity index (χ2n) is 2.74. The molecule has 0 saturated carbocycles. The Balaban J connectivity index is 4.23. The van der Waals surface area contributed by atoms with Gasteiger partial charge in [-0.1, -0.05) is 0 Å². The van der Waals surface area contributed by atoms with E-state index in [1.807, 2.05) is 0 Å². The van der Waals surface area contributed by atoms with Gasteiger partial charge in [0.15, 0.2) is 0 Å². The monoisotopic (exact) mass is 219 g/mol. The van der Waals surface area contributed by atoms with Gasteiger partial charge in [0, 0.05) is 6.42 Å². The van der Waals surface area contributed by atoms with Crippen LogP contribution in [-0.4, -0.2) is 24.4 Å². The molecule has 0 spiro atoms. The lowest BCUT2D eigenvalue weighted by molar-refractivity contribution is -0.268. The number of carbonyl (C=O) groups excluding carboxylic acids is 1. The Hall–Kier alpha value is -0.720. The van der Waals surface area contributed by atoms with Crippen molar-refractivity contribution in [3.63, 3.8) is 0 Å². The molecular weight excluding hydrogens is 209 g/mol. The van der Waals surface area contributed by atoms with Gasteiger partial charge in [-0.15, -0.1) is 0 Å². The number of hydrogen-bond acceptors (Lipinski definition) is 2. The first-order valence-corrected chi connectivity index (χ1v) is 3.91. The minimum atomic E-state index is -5.80. The van der Waals surface area contributed by atoms with Crippen molar-refractivity contribution in [3.8, 4) is 0 Å². The molecule has 2 N–H and O–H groups in total. The van der Waals surface area contributed by atoms with E-state index in [-0.39, 0.29) is 19.4 Å². The van der Waals surface area contributed by atoms with Crippen LogP contribution in [0.3, 0.4) is 0 Å². The zero-order valence-electron chi connectivity index (χ0n) is 7.20. The van der Waals surface area contributed by atoms with Crippen LogP contribution in [0.4, 0.5) is 22.0 Å². The zero-order valence-corrected chi connectivity index (χ0v) is 7.20. The highest BCUT2D eigenvalue weighted by Gasteiger charge is 2.62. The summed E-state index contributed by atoms with van der Waals surface area (Å²) in [6.45, 7) is 0.158. The fourth-order valence-electron chi connectivity index (χ4n) is 0.745. The molecule has 0 amide bonds. The topological polar surface area (TPSA) is 43.1 Å². The Bertz CT molecular complexity index is 201. The Kier molecular flexibility index (Phi) is 4.44. The van der Waals surface area contributed by atoms with E-state index in [1.165, 1.54) is 0 Å². The Morgan fingerprint density at radius 2 is 1.57 bits per heavy atom. The number of carbonyl (C=O) groups is 1. The van der Waals surface area contributed by atoms with E-state index >= 15 is 0 Å². The molecule has 0 aromatic heterocycles. The predicted octanol–water partition coefficient (Wildman–Crippen LogP) is 1.88. The van der Waals surface area contributed by atoms with Gasteiger partial charge >= 0.3 is 12.1 Å². The molecule has 14 heavy (non-hydrogen) atoms. The third-order valence-corrected chi connectivity index (χ3v) is 1.56. The summed E-state index contributed by atoms with van der Waals surface area (Å²) in [6.07, 6.45) is -6.41. The first kappa shape index (κ1) is 13.3. The number of ketones is 1. The molecule has 0 rings (SSSR count). The summed E-state index contributed by atoms with van der Waals surface area (Å²) < 4.78 is 59.3. The largest absolute Gasteiger partial charge is 0.461 e. The van der Waals surface area contributed by atoms with Gasteiger partial charge in [0.25, 0.3) is 0 Å². The van der Waals surface area contributed by atoms with Crippen molar-refractivity contribution in [2.45, 2.75) is 31.4 Å². The van der Waals surface area contributed by atoms with Crippen molar-refractivity contribution in [2.24, 2.45) is 5.73 Å². The van der Waals surface area contributed by atoms with E-state index < -0.39 is 24.3 Å². The lowest BCUT2D eigenvalue weighted by Crippen LogP contribution is -2.43. The zero-order chi connectivity index (χ0) is 11.4. The van der Waals surface area contributed by atoms with Gasteiger partial charge in [-0.3, -0.25) is 4.79 Å². The number of unbranched alkanes of at least 4 members (excludes halogenated alkanes) is 1. The van der Waals surface area contributed by atoms with Crippen LogP contribution in [0, 0.1) is 0 Å². The van der Waals surface area contributed by atoms with Crippen LogP contribution in [0.1, 0.15) is 19.3 Å². The van der Waals surface area contributed by atoms with Crippen molar-refractivity contribution >= 4 is 5.78 Å². The molecule has 0 aliphatic rings. The maximum Gasteiger partial charge on any atom is 0.461 e. The van der Waals surface area contributed by atoms with Gasteiger partial charge in [-0.05, 0) is 19.4 Å². The van der Waals surface area contributed by atoms with Gasteiger partial charge < -0.3 is 5.73 Å². The maximum atomic E-state index is 12.2. The number of halogens is 5. The molecule has 0 aliphatic carbocycles. The first-order chi connectivity index (χ1) is 6.23. The van der Waals surface area contributed by atoms with E-state index in [4.69, 9.17) is 5.73 Å². The summed E-state index contributed by atoms with van der Waals surface area (Å²) in [5.74, 6) is -7.33. The average molecular weight is 219 g/mol. The minimum absolute atomic E-state index is 0.0546. The quantitative estimate of drug-likeness (QED) is 0.566. The van der Waals surface area contributed by atoms with Crippen molar-refractivity contribution in [2.75, 3.05) is 6.54 Å². The molecule has 0 heterocycles. The van der Waals surface area contributed by atoms with Crippen LogP contribution in [0.2, 0.25) is 0 Å². The van der Waals surface area contributed by atoms with Crippen LogP contribution in [-0.2, 0) is 4.79 Å². The molecule has 0 aromatic rings. The lowest BCUT2D eigenvalue weighted by atomic mass is 10.1. The molecule has 0 atom stereocenters. The van der Waals surface area contributed by atoms with Gasteiger partial charge in [0.1, 0.15) is 0 Å². The standard InChI is InChI=1S/C7H10F5NO/c8-6(9,7(10,11)12)5(14)3-1-2-4-13/h1-4,13H2. The Labute approximate surface area is 77.3 Å². The summed E-state index contributed by atoms with van der Waals surface area (Å²) in [5.41, 5.74) is 4.99. The molecule has 0 fully saturated rings. The van der Waals surface area contributed by atoms with E-state index in [0.717, 1.165) is 0 Å². The Morgan fingerprint density at radius 1 is 1.07 bits per heavy atom. The van der Waals surface area contributed by atoms with Crippen molar-refractivity contribution in [1.82, 2.24) is 0 Å². The molecule has 0 radical (unpaired) electrons. The smallest absolute Gasteiger partial charge is 0.330 e. The second kappa shape index (κ2) is 4.68. The highest BCUT2D eigenvalue weighted by atomic mass is 19.4. The fraction of sp³-hybridized carbons (Fsp3) is 0.857. The van der Waals surface area contributed by atoms with Crippen LogP contribution in [0.15, 0.2) is 0 Å². The summed E-state index contributed by atoms with van der Waals surface area (Å²) in [5, 5.41) is 0. The predicted molar refractivity (Wildman–Crippen MR) is 38.9 cm³/mol. The summed E-state index contributed by atoms with van der Waals surface area (Å²) >= 11 is 0. The molecular formula is C7H10F5NO. The molecule has 7 heteroatoms. The fourth-order valence-corrected chi connectivity index (χ4v) is 0.745. The van der Waals surface area contributed by atoms with Crippen LogP contribution in [0.5, 0.6) is 0 Å². The molecule has 0 aliphatic heterocycles. The van der Waals surface area contributed by atoms with E-state index in [0.29, 0.717) is 0 Å². The number of alkyl halides is 5. The highest BCUT2D eigenvalue weighted by molar-refractivity contribution is 5.86. The van der Waals surface area contributed by atoms with Crippen LogP contribution >= 0.6 is 0 Å². The van der Waals surface area contributed by atoms with Crippen molar-refractivity contribution in [3.05, 3.63) is 0 Å². The number of hydrogen-bond donors (Lipinski definition) is 1. The van der Waals surface area contributed by atoms with Gasteiger partial charge in [0.2, 0.25) is 5.78 Å². The molecule has 2 nitrogen and oxygen atoms in total. The van der Waals surface area contributed by atoms with Gasteiger partial charge in [-0.2, -0.15) is 22.0 Å². The Morgan fingerprint density at radius 3 is 1.93 bits per heavy atom. The van der Waals surface area contributed by atoms with Crippen LogP contribution < -0.4 is 5.73 Å². The lowest BCUT2D eigenvalue weighted by Gasteiger charge is -2.17.